The molecule has 4 aromatic carbocycles. The molecule has 2 saturated heterocycles. The maximum atomic E-state index is 14.1. The van der Waals surface area contributed by atoms with Crippen molar-refractivity contribution < 1.29 is 28.7 Å². The molecular formula is C54H60N8O6S2. The van der Waals surface area contributed by atoms with Crippen LogP contribution in [0.3, 0.4) is 0 Å². The second kappa shape index (κ2) is 19.3. The molecular weight excluding hydrogens is 921 g/mol. The fraction of sp³-hybridized carbons (Fsp3) is 0.444. The normalized spacial score (nSPS) is 22.8. The van der Waals surface area contributed by atoms with E-state index >= 15 is 0 Å². The van der Waals surface area contributed by atoms with Crippen LogP contribution in [0.1, 0.15) is 84.5 Å². The molecule has 4 fully saturated rings. The average molecular weight is 981 g/mol. The van der Waals surface area contributed by atoms with Gasteiger partial charge >= 0.3 is 12.2 Å². The largest absolute Gasteiger partial charge is 0.453 e. The van der Waals surface area contributed by atoms with Crippen LogP contribution in [0, 0.1) is 11.8 Å². The van der Waals surface area contributed by atoms with Crippen LogP contribution in [-0.4, -0.2) is 116 Å². The number of rotatable bonds is 14. The van der Waals surface area contributed by atoms with Crippen molar-refractivity contribution in [2.75, 3.05) is 38.2 Å². The number of carbonyl (C=O) groups excluding carboxylic acids is 4. The number of carbonyl (C=O) groups is 4. The number of aryl methyl sites for hydroxylation is 4. The van der Waals surface area contributed by atoms with Gasteiger partial charge in [-0.2, -0.15) is 23.5 Å². The molecule has 364 valence electrons. The van der Waals surface area contributed by atoms with Crippen molar-refractivity contribution in [3.05, 3.63) is 107 Å². The lowest BCUT2D eigenvalue weighted by atomic mass is 9.87. The minimum atomic E-state index is -0.651. The number of methoxy groups -OCH3 is 2. The number of imidazole rings is 2. The number of amides is 4. The molecule has 14 nitrogen and oxygen atoms in total. The maximum absolute atomic E-state index is 14.1. The summed E-state index contributed by atoms with van der Waals surface area (Å²) in [4.78, 5) is 74.1. The van der Waals surface area contributed by atoms with Crippen LogP contribution in [0.15, 0.2) is 72.8 Å². The summed E-state index contributed by atoms with van der Waals surface area (Å²) in [7, 11) is 2.65. The van der Waals surface area contributed by atoms with Gasteiger partial charge in [-0.15, -0.1) is 0 Å². The van der Waals surface area contributed by atoms with E-state index in [9.17, 15) is 19.2 Å². The van der Waals surface area contributed by atoms with Gasteiger partial charge in [0.2, 0.25) is 11.8 Å². The molecule has 0 spiro atoms. The minimum absolute atomic E-state index is 0.0679. The first-order valence-electron chi connectivity index (χ1n) is 24.7. The van der Waals surface area contributed by atoms with Gasteiger partial charge in [0.05, 0.1) is 48.4 Å². The summed E-state index contributed by atoms with van der Waals surface area (Å²) in [6.45, 7) is 0. The Morgan fingerprint density at radius 2 is 1.06 bits per heavy atom. The van der Waals surface area contributed by atoms with Gasteiger partial charge in [-0.25, -0.2) is 19.6 Å². The SMILES string of the molecule is COC(=O)N[C@@H](CCSC)C(=O)N1[C@@H]2C[C@@H]2C[C@H]1c1nc2ccc(-c3cc4ccc3CCc3ccc(c(-c5ccc6nc([C@@H]7C[C@H]8C[C@H]8N7C(=O)[C@H](CCSC)NC(=O)OC)[nH]c6c5)c3)CC4)cc2[nH]1. The number of fused-ring (bicyclic) bond motifs is 4. The molecule has 4 N–H and O–H groups in total. The number of H-pyrrole nitrogens is 2. The number of aromatic nitrogens is 4. The lowest BCUT2D eigenvalue weighted by Crippen LogP contribution is -2.49. The van der Waals surface area contributed by atoms with E-state index in [1.165, 1.54) is 47.6 Å². The van der Waals surface area contributed by atoms with Crippen molar-refractivity contribution in [2.45, 2.75) is 100 Å². The Morgan fingerprint density at radius 1 is 0.614 bits per heavy atom. The van der Waals surface area contributed by atoms with Crippen molar-refractivity contribution >= 4 is 69.6 Å². The van der Waals surface area contributed by atoms with Crippen LogP contribution < -0.4 is 10.6 Å². The average Bonchev–Trinajstić information content (AvgIpc) is 4.04. The maximum Gasteiger partial charge on any atom is 0.407 e. The van der Waals surface area contributed by atoms with Crippen molar-refractivity contribution in [3.8, 4) is 22.3 Å². The van der Waals surface area contributed by atoms with E-state index in [-0.39, 0.29) is 36.0 Å². The lowest BCUT2D eigenvalue weighted by molar-refractivity contribution is -0.136. The van der Waals surface area contributed by atoms with Crippen LogP contribution >= 0.6 is 23.5 Å². The number of benzene rings is 4. The van der Waals surface area contributed by atoms with E-state index in [0.717, 1.165) is 108 Å². The summed E-state index contributed by atoms with van der Waals surface area (Å²) in [6, 6.07) is 25.5. The number of aromatic amines is 2. The number of hydrogen-bond acceptors (Lipinski definition) is 10. The molecule has 6 aromatic rings. The molecule has 6 aliphatic carbocycles. The van der Waals surface area contributed by atoms with Crippen molar-refractivity contribution in [1.82, 2.24) is 40.4 Å². The molecule has 70 heavy (non-hydrogen) atoms. The highest BCUT2D eigenvalue weighted by Gasteiger charge is 2.57. The van der Waals surface area contributed by atoms with Gasteiger partial charge in [-0.05, 0) is 169 Å². The number of alkyl carbamates (subject to hydrolysis) is 2. The second-order valence-electron chi connectivity index (χ2n) is 19.8. The number of hydrogen-bond donors (Lipinski definition) is 4. The van der Waals surface area contributed by atoms with Crippen LogP contribution in [0.4, 0.5) is 9.59 Å². The highest BCUT2D eigenvalue weighted by atomic mass is 32.2. The highest BCUT2D eigenvalue weighted by Crippen LogP contribution is 2.55. The molecule has 8 atom stereocenters. The highest BCUT2D eigenvalue weighted by molar-refractivity contribution is 7.98. The summed E-state index contributed by atoms with van der Waals surface area (Å²) in [6.07, 6.45) is 11.0. The molecule has 4 heterocycles. The Hall–Kier alpha value is -6.00. The van der Waals surface area contributed by atoms with Gasteiger partial charge in [0.25, 0.3) is 0 Å². The van der Waals surface area contributed by atoms with Gasteiger partial charge in [0.1, 0.15) is 23.7 Å². The Bertz CT molecular complexity index is 2810. The number of piperidine rings is 2. The summed E-state index contributed by atoms with van der Waals surface area (Å²) in [5, 5.41) is 5.60. The Labute approximate surface area is 416 Å². The van der Waals surface area contributed by atoms with Gasteiger partial charge in [-0.3, -0.25) is 9.59 Å². The third kappa shape index (κ3) is 9.01. The topological polar surface area (TPSA) is 175 Å². The first kappa shape index (κ1) is 46.4. The summed E-state index contributed by atoms with van der Waals surface area (Å²) >= 11 is 3.30. The van der Waals surface area contributed by atoms with E-state index in [1.54, 1.807) is 23.5 Å². The van der Waals surface area contributed by atoms with Crippen LogP contribution in [0.25, 0.3) is 44.3 Å². The molecule has 8 aliphatic rings. The van der Waals surface area contributed by atoms with E-state index in [1.807, 2.05) is 22.3 Å². The minimum Gasteiger partial charge on any atom is -0.453 e. The zero-order chi connectivity index (χ0) is 48.2. The van der Waals surface area contributed by atoms with Crippen molar-refractivity contribution in [1.29, 1.82) is 0 Å². The van der Waals surface area contributed by atoms with E-state index < -0.39 is 24.3 Å². The summed E-state index contributed by atoms with van der Waals surface area (Å²) in [5.41, 5.74) is 13.5. The smallest absolute Gasteiger partial charge is 0.407 e. The Kier molecular flexibility index (Phi) is 12.8. The molecule has 4 bridgehead atoms. The molecule has 14 rings (SSSR count). The van der Waals surface area contributed by atoms with E-state index in [0.29, 0.717) is 24.7 Å². The molecule has 2 saturated carbocycles. The van der Waals surface area contributed by atoms with E-state index in [2.05, 4.69) is 93.4 Å². The van der Waals surface area contributed by atoms with E-state index in [4.69, 9.17) is 19.4 Å². The predicted octanol–water partition coefficient (Wildman–Crippen LogP) is 8.94. The number of nitrogens with one attached hydrogen (secondary N) is 4. The Balaban J connectivity index is 0.822. The summed E-state index contributed by atoms with van der Waals surface area (Å²) < 4.78 is 9.77. The van der Waals surface area contributed by atoms with Crippen molar-refractivity contribution in [2.24, 2.45) is 11.8 Å². The number of ether oxygens (including phenoxy) is 2. The number of likely N-dealkylation sites (tertiary alicyclic amines) is 2. The fourth-order valence-electron chi connectivity index (χ4n) is 11.6. The quantitative estimate of drug-likeness (QED) is 0.0825. The van der Waals surface area contributed by atoms with Crippen LogP contribution in [0.2, 0.25) is 0 Å². The summed E-state index contributed by atoms with van der Waals surface area (Å²) in [5.74, 6) is 3.83. The zero-order valence-corrected chi connectivity index (χ0v) is 41.7. The molecule has 2 aliphatic heterocycles. The fourth-order valence-corrected chi connectivity index (χ4v) is 12.5. The number of nitrogens with zero attached hydrogens (tertiary/aromatic N) is 4. The second-order valence-corrected chi connectivity index (χ2v) is 21.7. The third-order valence-electron chi connectivity index (χ3n) is 15.5. The van der Waals surface area contributed by atoms with Crippen molar-refractivity contribution in [3.63, 3.8) is 0 Å². The Morgan fingerprint density at radius 3 is 1.47 bits per heavy atom. The molecule has 2 aromatic heterocycles. The third-order valence-corrected chi connectivity index (χ3v) is 16.7. The van der Waals surface area contributed by atoms with Gasteiger partial charge in [0, 0.05) is 12.1 Å². The number of thioether (sulfide) groups is 2. The van der Waals surface area contributed by atoms with Crippen LogP contribution in [-0.2, 0) is 44.7 Å². The standard InChI is InChI=1S/C54H60N8O6S2/c1-67-53(65)59-41(17-19-69-3)51(63)61-45-25-35(45)27-47(61)49-55-39-15-13-33(23-43(39)57-49)37-21-29-5-9-31(37)11-7-30-6-10-32(12-8-29)38(22-30)34-14-16-40-44(24-34)58-50(56-40)48-28-36-26-46(36)62(48)52(64)42(18-20-70-4)60-54(66)68-2/h5-6,9-10,13-16,21-24,35-36,41-42,45-48H,7-8,11-12,17-20,25-28H2,1-4H3,(H,55,57)(H,56,58)(H,59,65)(H,60,66)/t35-,36-,41+,42+,45-,46-,47+,48+/m1/s1. The molecule has 16 heteroatoms. The molecule has 0 unspecified atom stereocenters. The first-order chi connectivity index (χ1) is 34.1. The van der Waals surface area contributed by atoms with Crippen LogP contribution in [0.5, 0.6) is 0 Å². The first-order valence-corrected chi connectivity index (χ1v) is 27.4. The predicted molar refractivity (Wildman–Crippen MR) is 275 cm³/mol. The lowest BCUT2D eigenvalue weighted by Gasteiger charge is -2.30. The van der Waals surface area contributed by atoms with Gasteiger partial charge in [0.15, 0.2) is 0 Å². The molecule has 4 amide bonds. The monoisotopic (exact) mass is 980 g/mol. The van der Waals surface area contributed by atoms with Gasteiger partial charge in [-0.1, -0.05) is 48.5 Å². The zero-order valence-electron chi connectivity index (χ0n) is 40.1. The van der Waals surface area contributed by atoms with Gasteiger partial charge < -0.3 is 39.9 Å². The molecule has 0 radical (unpaired) electrons.